The molecule has 0 unspecified atom stereocenters. The van der Waals surface area contributed by atoms with Crippen LogP contribution in [-0.2, 0) is 20.5 Å². The molecule has 0 aliphatic heterocycles. The SMILES string of the molecule is Cc1cccc(OCCCC(=O)OCC(=O)Nc2ccc(C(F)(F)F)cc2[N+](=O)[O-])c1. The highest BCUT2D eigenvalue weighted by molar-refractivity contribution is 5.94. The third-order valence-electron chi connectivity index (χ3n) is 3.94. The third-order valence-corrected chi connectivity index (χ3v) is 3.94. The Morgan fingerprint density at radius 2 is 1.90 bits per heavy atom. The highest BCUT2D eigenvalue weighted by Crippen LogP contribution is 2.34. The van der Waals surface area contributed by atoms with E-state index in [-0.39, 0.29) is 13.0 Å². The first-order valence-corrected chi connectivity index (χ1v) is 9.07. The molecule has 0 spiro atoms. The average Bonchev–Trinajstić information content (AvgIpc) is 2.69. The molecule has 8 nitrogen and oxygen atoms in total. The molecule has 31 heavy (non-hydrogen) atoms. The van der Waals surface area contributed by atoms with Crippen LogP contribution >= 0.6 is 0 Å². The van der Waals surface area contributed by atoms with Crippen molar-refractivity contribution in [1.29, 1.82) is 0 Å². The van der Waals surface area contributed by atoms with Crippen molar-refractivity contribution in [2.75, 3.05) is 18.5 Å². The van der Waals surface area contributed by atoms with E-state index < -0.39 is 46.5 Å². The Kier molecular flexibility index (Phi) is 7.94. The lowest BCUT2D eigenvalue weighted by Gasteiger charge is -2.10. The van der Waals surface area contributed by atoms with Crippen LogP contribution in [0.1, 0.15) is 24.0 Å². The Hall–Kier alpha value is -3.63. The van der Waals surface area contributed by atoms with Gasteiger partial charge in [-0.3, -0.25) is 19.7 Å². The highest BCUT2D eigenvalue weighted by Gasteiger charge is 2.33. The Labute approximate surface area is 175 Å². The molecule has 0 aliphatic rings. The second-order valence-electron chi connectivity index (χ2n) is 6.46. The van der Waals surface area contributed by atoms with Crippen molar-refractivity contribution in [3.05, 3.63) is 63.7 Å². The summed E-state index contributed by atoms with van der Waals surface area (Å²) in [6, 6.07) is 9.04. The number of nitro groups is 1. The number of carbonyl (C=O) groups excluding carboxylic acids is 2. The zero-order chi connectivity index (χ0) is 23.0. The van der Waals surface area contributed by atoms with Gasteiger partial charge in [-0.25, -0.2) is 0 Å². The first-order chi connectivity index (χ1) is 14.6. The highest BCUT2D eigenvalue weighted by atomic mass is 19.4. The number of nitrogens with zero attached hydrogens (tertiary/aromatic N) is 1. The minimum atomic E-state index is -4.77. The zero-order valence-electron chi connectivity index (χ0n) is 16.4. The van der Waals surface area contributed by atoms with Crippen molar-refractivity contribution in [3.63, 3.8) is 0 Å². The summed E-state index contributed by atoms with van der Waals surface area (Å²) in [5.41, 5.74) is -1.57. The number of halogens is 3. The Bertz CT molecular complexity index is 962. The number of aryl methyl sites for hydroxylation is 1. The first kappa shape index (κ1) is 23.6. The number of alkyl halides is 3. The minimum Gasteiger partial charge on any atom is -0.494 e. The summed E-state index contributed by atoms with van der Waals surface area (Å²) < 4.78 is 48.4. The number of nitrogens with one attached hydrogen (secondary N) is 1. The maximum atomic E-state index is 12.7. The van der Waals surface area contributed by atoms with E-state index in [1.807, 2.05) is 25.1 Å². The summed E-state index contributed by atoms with van der Waals surface area (Å²) in [5.74, 6) is -0.956. The van der Waals surface area contributed by atoms with Crippen molar-refractivity contribution < 1.29 is 37.2 Å². The van der Waals surface area contributed by atoms with Crippen molar-refractivity contribution in [1.82, 2.24) is 0 Å². The second kappa shape index (κ2) is 10.4. The normalized spacial score (nSPS) is 11.0. The van der Waals surface area contributed by atoms with Gasteiger partial charge in [-0.2, -0.15) is 13.2 Å². The van der Waals surface area contributed by atoms with Crippen LogP contribution in [0.3, 0.4) is 0 Å². The smallest absolute Gasteiger partial charge is 0.416 e. The van der Waals surface area contributed by atoms with E-state index >= 15 is 0 Å². The first-order valence-electron chi connectivity index (χ1n) is 9.07. The molecule has 2 rings (SSSR count). The predicted molar refractivity (Wildman–Crippen MR) is 104 cm³/mol. The number of amides is 1. The molecular formula is C20H19F3N2O6. The lowest BCUT2D eigenvalue weighted by Crippen LogP contribution is -2.21. The largest absolute Gasteiger partial charge is 0.494 e. The van der Waals surface area contributed by atoms with Gasteiger partial charge in [-0.1, -0.05) is 12.1 Å². The van der Waals surface area contributed by atoms with Gasteiger partial charge in [-0.15, -0.1) is 0 Å². The third kappa shape index (κ3) is 7.61. The molecule has 0 heterocycles. The van der Waals surface area contributed by atoms with Crippen molar-refractivity contribution in [3.8, 4) is 5.75 Å². The molecule has 1 amide bonds. The van der Waals surface area contributed by atoms with Crippen LogP contribution in [0.2, 0.25) is 0 Å². The quantitative estimate of drug-likeness (QED) is 0.270. The van der Waals surface area contributed by atoms with E-state index in [2.05, 4.69) is 5.32 Å². The minimum absolute atomic E-state index is 0.0283. The van der Waals surface area contributed by atoms with E-state index in [1.165, 1.54) is 0 Å². The average molecular weight is 440 g/mol. The van der Waals surface area contributed by atoms with Crippen molar-refractivity contribution in [2.24, 2.45) is 0 Å². The zero-order valence-corrected chi connectivity index (χ0v) is 16.4. The van der Waals surface area contributed by atoms with Crippen molar-refractivity contribution in [2.45, 2.75) is 25.9 Å². The predicted octanol–water partition coefficient (Wildman–Crippen LogP) is 4.26. The van der Waals surface area contributed by atoms with E-state index in [0.717, 1.165) is 11.6 Å². The van der Waals surface area contributed by atoms with Gasteiger partial charge in [0.05, 0.1) is 17.1 Å². The molecule has 0 fully saturated rings. The maximum absolute atomic E-state index is 12.7. The fourth-order valence-corrected chi connectivity index (χ4v) is 2.48. The van der Waals surface area contributed by atoms with Crippen molar-refractivity contribution >= 4 is 23.3 Å². The fraction of sp³-hybridized carbons (Fsp3) is 0.300. The lowest BCUT2D eigenvalue weighted by atomic mass is 10.1. The van der Waals surface area contributed by atoms with Crippen LogP contribution in [-0.4, -0.2) is 30.0 Å². The van der Waals surface area contributed by atoms with Crippen LogP contribution in [0.5, 0.6) is 5.75 Å². The number of esters is 1. The number of rotatable bonds is 9. The van der Waals surface area contributed by atoms with E-state index in [9.17, 15) is 32.9 Å². The number of nitro benzene ring substituents is 1. The summed E-state index contributed by atoms with van der Waals surface area (Å²) in [7, 11) is 0. The number of benzene rings is 2. The van der Waals surface area contributed by atoms with Gasteiger partial charge in [0.1, 0.15) is 11.4 Å². The Morgan fingerprint density at radius 3 is 2.55 bits per heavy atom. The lowest BCUT2D eigenvalue weighted by molar-refractivity contribution is -0.384. The summed E-state index contributed by atoms with van der Waals surface area (Å²) in [6.07, 6.45) is -4.47. The second-order valence-corrected chi connectivity index (χ2v) is 6.46. The van der Waals surface area contributed by atoms with Gasteiger partial charge in [-0.05, 0) is 43.2 Å². The maximum Gasteiger partial charge on any atom is 0.416 e. The topological polar surface area (TPSA) is 108 Å². The Balaban J connectivity index is 1.79. The number of hydrogen-bond acceptors (Lipinski definition) is 6. The van der Waals surface area contributed by atoms with Gasteiger partial charge in [0, 0.05) is 12.5 Å². The van der Waals surface area contributed by atoms with Crippen LogP contribution < -0.4 is 10.1 Å². The number of carbonyl (C=O) groups is 2. The molecule has 11 heteroatoms. The molecule has 0 atom stereocenters. The van der Waals surface area contributed by atoms with E-state index in [1.54, 1.807) is 6.07 Å². The van der Waals surface area contributed by atoms with Gasteiger partial charge >= 0.3 is 12.1 Å². The van der Waals surface area contributed by atoms with Gasteiger partial charge in [0.2, 0.25) is 0 Å². The summed E-state index contributed by atoms with van der Waals surface area (Å²) in [6.45, 7) is 1.42. The van der Waals surface area contributed by atoms with E-state index in [4.69, 9.17) is 9.47 Å². The molecule has 166 valence electrons. The van der Waals surface area contributed by atoms with Gasteiger partial charge < -0.3 is 14.8 Å². The summed E-state index contributed by atoms with van der Waals surface area (Å²) in [4.78, 5) is 33.5. The number of anilines is 1. The van der Waals surface area contributed by atoms with Gasteiger partial charge in [0.25, 0.3) is 11.6 Å². The molecular weight excluding hydrogens is 421 g/mol. The molecule has 0 bridgehead atoms. The summed E-state index contributed by atoms with van der Waals surface area (Å²) >= 11 is 0. The summed E-state index contributed by atoms with van der Waals surface area (Å²) in [5, 5.41) is 13.1. The molecule has 0 saturated heterocycles. The van der Waals surface area contributed by atoms with Crippen LogP contribution in [0.4, 0.5) is 24.5 Å². The number of ether oxygens (including phenoxy) is 2. The molecule has 0 aromatic heterocycles. The van der Waals surface area contributed by atoms with Gasteiger partial charge in [0.15, 0.2) is 6.61 Å². The fourth-order valence-electron chi connectivity index (χ4n) is 2.48. The monoisotopic (exact) mass is 440 g/mol. The standard InChI is InChI=1S/C20H19F3N2O6/c1-13-4-2-5-15(10-13)30-9-3-6-19(27)31-12-18(26)24-16-8-7-14(20(21,22)23)11-17(16)25(28)29/h2,4-5,7-8,10-11H,3,6,9,12H2,1H3,(H,24,26). The number of hydrogen-bond donors (Lipinski definition) is 1. The molecule has 0 aliphatic carbocycles. The van der Waals surface area contributed by atoms with Crippen LogP contribution in [0.15, 0.2) is 42.5 Å². The molecule has 0 radical (unpaired) electrons. The molecule has 2 aromatic rings. The van der Waals surface area contributed by atoms with E-state index in [0.29, 0.717) is 24.3 Å². The van der Waals surface area contributed by atoms with Crippen LogP contribution in [0, 0.1) is 17.0 Å². The Morgan fingerprint density at radius 1 is 1.16 bits per heavy atom. The molecule has 0 saturated carbocycles. The van der Waals surface area contributed by atoms with Crippen LogP contribution in [0.25, 0.3) is 0 Å². The molecule has 2 aromatic carbocycles. The molecule has 1 N–H and O–H groups in total.